The molecule has 0 saturated carbocycles. The molecule has 1 aromatic carbocycles. The summed E-state index contributed by atoms with van der Waals surface area (Å²) < 4.78 is 5.16. The fourth-order valence-electron chi connectivity index (χ4n) is 3.00. The van der Waals surface area contributed by atoms with Crippen molar-refractivity contribution < 1.29 is 14.6 Å². The van der Waals surface area contributed by atoms with Crippen LogP contribution in [0.5, 0.6) is 0 Å². The number of hydrogen-bond acceptors (Lipinski definition) is 8. The van der Waals surface area contributed by atoms with Crippen LogP contribution < -0.4 is 21.9 Å². The fraction of sp³-hybridized carbons (Fsp3) is 0.357. The summed E-state index contributed by atoms with van der Waals surface area (Å²) in [6.45, 7) is 9.31. The summed E-state index contributed by atoms with van der Waals surface area (Å²) >= 11 is 0. The Bertz CT molecular complexity index is 1140. The Balaban J connectivity index is 0.000000679. The molecule has 9 nitrogen and oxygen atoms in total. The van der Waals surface area contributed by atoms with Gasteiger partial charge in [0.1, 0.15) is 17.3 Å². The van der Waals surface area contributed by atoms with Gasteiger partial charge in [0.05, 0.1) is 24.4 Å². The summed E-state index contributed by atoms with van der Waals surface area (Å²) in [5, 5.41) is 12.6. The normalized spacial score (nSPS) is 14.6. The number of nitrogens with two attached hydrogens (primary N) is 1. The van der Waals surface area contributed by atoms with Gasteiger partial charge >= 0.3 is 0 Å². The maximum Gasteiger partial charge on any atom is 0.262 e. The third kappa shape index (κ3) is 10.6. The van der Waals surface area contributed by atoms with Crippen LogP contribution in [0.1, 0.15) is 47.5 Å². The highest BCUT2D eigenvalue weighted by Crippen LogP contribution is 2.15. The van der Waals surface area contributed by atoms with Gasteiger partial charge in [-0.05, 0) is 63.3 Å². The number of hydrogen-bond donors (Lipinski definition) is 3. The molecule has 9 heteroatoms. The van der Waals surface area contributed by atoms with E-state index in [9.17, 15) is 19.5 Å². The van der Waals surface area contributed by atoms with Gasteiger partial charge in [0.2, 0.25) is 10.9 Å². The number of rotatable bonds is 9. The van der Waals surface area contributed by atoms with E-state index in [1.165, 1.54) is 30.2 Å². The Labute approximate surface area is 219 Å². The summed E-state index contributed by atoms with van der Waals surface area (Å²) in [6, 6.07) is 1.26. The highest BCUT2D eigenvalue weighted by molar-refractivity contribution is 5.97. The molecule has 1 aliphatic rings. The molecule has 0 saturated heterocycles. The molecule has 1 aromatic rings. The Hall–Kier alpha value is -4.14. The lowest BCUT2D eigenvalue weighted by molar-refractivity contribution is -0.124. The molecular formula is C28H40N4O5. The highest BCUT2D eigenvalue weighted by atomic mass is 16.5. The van der Waals surface area contributed by atoms with Crippen LogP contribution in [0, 0.1) is 0 Å². The molecule has 0 aliphatic carbocycles. The average molecular weight is 513 g/mol. The van der Waals surface area contributed by atoms with Gasteiger partial charge in [-0.15, -0.1) is 0 Å². The second-order valence-corrected chi connectivity index (χ2v) is 7.36. The molecule has 2 rings (SSSR count). The first-order valence-corrected chi connectivity index (χ1v) is 12.1. The molecule has 0 bridgehead atoms. The number of nitrogens with zero attached hydrogens (tertiary/aromatic N) is 2. The smallest absolute Gasteiger partial charge is 0.262 e. The molecule has 1 atom stereocenters. The van der Waals surface area contributed by atoms with Crippen LogP contribution in [-0.2, 0) is 9.53 Å². The van der Waals surface area contributed by atoms with Gasteiger partial charge in [-0.2, -0.15) is 0 Å². The van der Waals surface area contributed by atoms with Gasteiger partial charge in [0.15, 0.2) is 0 Å². The molecule has 1 aliphatic heterocycles. The van der Waals surface area contributed by atoms with Gasteiger partial charge in [0, 0.05) is 19.3 Å². The predicted octanol–water partition coefficient (Wildman–Crippen LogP) is 4.23. The number of aliphatic hydroxyl groups is 1. The largest absolute Gasteiger partial charge is 0.512 e. The molecule has 1 amide bonds. The van der Waals surface area contributed by atoms with Gasteiger partial charge < -0.3 is 20.9 Å². The Morgan fingerprint density at radius 2 is 2.00 bits per heavy atom. The van der Waals surface area contributed by atoms with Crippen molar-refractivity contribution >= 4 is 17.8 Å². The Morgan fingerprint density at radius 3 is 2.49 bits per heavy atom. The minimum absolute atomic E-state index is 0.0525. The lowest BCUT2D eigenvalue weighted by Crippen LogP contribution is -2.36. The van der Waals surface area contributed by atoms with Crippen LogP contribution in [0.3, 0.4) is 0 Å². The van der Waals surface area contributed by atoms with E-state index in [1.807, 2.05) is 52.0 Å². The van der Waals surface area contributed by atoms with Crippen LogP contribution in [-0.4, -0.2) is 42.3 Å². The lowest BCUT2D eigenvalue weighted by atomic mass is 10.1. The zero-order valence-electron chi connectivity index (χ0n) is 22.8. The maximum atomic E-state index is 12.4. The summed E-state index contributed by atoms with van der Waals surface area (Å²) in [5.74, 6) is 0.920. The first-order chi connectivity index (χ1) is 17.7. The second-order valence-electron chi connectivity index (χ2n) is 7.36. The van der Waals surface area contributed by atoms with Crippen molar-refractivity contribution in [3.8, 4) is 0 Å². The van der Waals surface area contributed by atoms with Crippen molar-refractivity contribution in [1.29, 1.82) is 0 Å². The third-order valence-corrected chi connectivity index (χ3v) is 4.96. The molecule has 0 spiro atoms. The number of anilines is 1. The van der Waals surface area contributed by atoms with E-state index in [-0.39, 0.29) is 23.3 Å². The van der Waals surface area contributed by atoms with Crippen LogP contribution in [0.15, 0.2) is 92.3 Å². The van der Waals surface area contributed by atoms with E-state index in [1.54, 1.807) is 32.5 Å². The molecule has 4 N–H and O–H groups in total. The van der Waals surface area contributed by atoms with Gasteiger partial charge in [-0.3, -0.25) is 19.3 Å². The summed E-state index contributed by atoms with van der Waals surface area (Å²) in [4.78, 5) is 39.7. The molecule has 37 heavy (non-hydrogen) atoms. The number of likely N-dealkylation sites (N-methyl/N-ethyl adjacent to an activating group) is 1. The minimum atomic E-state index is -0.444. The number of carbonyl (C=O) groups excluding carboxylic acids is 1. The molecule has 0 radical (unpaired) electrons. The zero-order valence-corrected chi connectivity index (χ0v) is 22.8. The van der Waals surface area contributed by atoms with Crippen LogP contribution in [0.2, 0.25) is 0 Å². The number of aliphatic hydroxyl groups excluding tert-OH is 1. The summed E-state index contributed by atoms with van der Waals surface area (Å²) in [7, 11) is 3.20. The van der Waals surface area contributed by atoms with Gasteiger partial charge in [0.25, 0.3) is 5.91 Å². The van der Waals surface area contributed by atoms with Crippen molar-refractivity contribution in [2.24, 2.45) is 10.7 Å². The number of allylic oxidation sites excluding steroid dienone is 7. The van der Waals surface area contributed by atoms with E-state index < -0.39 is 10.9 Å². The monoisotopic (exact) mass is 512 g/mol. The van der Waals surface area contributed by atoms with E-state index in [4.69, 9.17) is 10.5 Å². The van der Waals surface area contributed by atoms with Gasteiger partial charge in [-0.25, -0.2) is 4.99 Å². The number of nitrogens with one attached hydrogen (secondary N) is 1. The van der Waals surface area contributed by atoms with E-state index in [0.29, 0.717) is 17.9 Å². The standard InChI is InChI=1S/C15H19N3O2.C11H15NO3.C2H6/c1-12(19)13(8-5-6-10-16)15(20)18(2)14-9-4-3-7-11-17-14;1-4-7(10(5-2)15-3)12-8-6-9(13)11(8)14;1-2/h3,5-11,19H,4,16H2,1-2H3;5-7,12H,4H2,1-3H3;1-2H3/b8-5-,10-6+,13-12-;10-5-;/t;7-;/m.1./s1. The highest BCUT2D eigenvalue weighted by Gasteiger charge is 2.18. The van der Waals surface area contributed by atoms with Crippen molar-refractivity contribution in [1.82, 2.24) is 4.90 Å². The molecule has 0 unspecified atom stereocenters. The van der Waals surface area contributed by atoms with Gasteiger partial charge in [-0.1, -0.05) is 32.9 Å². The van der Waals surface area contributed by atoms with Crippen molar-refractivity contribution in [2.45, 2.75) is 53.5 Å². The third-order valence-electron chi connectivity index (χ3n) is 4.96. The second kappa shape index (κ2) is 18.2. The lowest BCUT2D eigenvalue weighted by Gasteiger charge is -2.20. The Kier molecular flexibility index (Phi) is 16.1. The molecule has 202 valence electrons. The SMILES string of the molecule is C/C=C(\OC)[C@@H](CC)Nc1cc(=O)c1=O.CC.C\C(O)=C(/C=C\C=C\N)C(=O)N(C)C1=CCC=CC=N1. The van der Waals surface area contributed by atoms with Crippen LogP contribution in [0.4, 0.5) is 5.69 Å². The van der Waals surface area contributed by atoms with Crippen molar-refractivity contribution in [3.63, 3.8) is 0 Å². The number of amides is 1. The summed E-state index contributed by atoms with van der Waals surface area (Å²) in [6.07, 6.45) is 16.6. The fourth-order valence-corrected chi connectivity index (χ4v) is 3.00. The number of carbonyl (C=O) groups is 1. The van der Waals surface area contributed by atoms with Crippen molar-refractivity contribution in [3.05, 3.63) is 98.2 Å². The van der Waals surface area contributed by atoms with E-state index >= 15 is 0 Å². The topological polar surface area (TPSA) is 134 Å². The van der Waals surface area contributed by atoms with Crippen LogP contribution >= 0.6 is 0 Å². The summed E-state index contributed by atoms with van der Waals surface area (Å²) in [5.41, 5.74) is 4.91. The molecule has 0 aromatic heterocycles. The first-order valence-electron chi connectivity index (χ1n) is 12.1. The number of aliphatic imine (C=N–C) groups is 1. The zero-order chi connectivity index (χ0) is 28.4. The predicted molar refractivity (Wildman–Crippen MR) is 152 cm³/mol. The minimum Gasteiger partial charge on any atom is -0.512 e. The first kappa shape index (κ1) is 32.9. The molecule has 0 fully saturated rings. The van der Waals surface area contributed by atoms with Crippen LogP contribution in [0.25, 0.3) is 0 Å². The Morgan fingerprint density at radius 1 is 1.32 bits per heavy atom. The maximum absolute atomic E-state index is 12.4. The van der Waals surface area contributed by atoms with Crippen molar-refractivity contribution in [2.75, 3.05) is 19.5 Å². The van der Waals surface area contributed by atoms with E-state index in [2.05, 4.69) is 10.3 Å². The molecular weight excluding hydrogens is 472 g/mol. The molecule has 1 heterocycles. The quantitative estimate of drug-likeness (QED) is 0.195. The number of methoxy groups -OCH3 is 1. The average Bonchev–Trinajstić information content (AvgIpc) is 3.20. The van der Waals surface area contributed by atoms with E-state index in [0.717, 1.165) is 12.2 Å². The number of ether oxygens (including phenoxy) is 1.